The van der Waals surface area contributed by atoms with Gasteiger partial charge in [-0.15, -0.1) is 0 Å². The number of Topliss-reactive ketones (excluding diaryl/α,β-unsaturated/α-hetero) is 1. The molecule has 1 saturated heterocycles. The third-order valence-corrected chi connectivity index (χ3v) is 9.72. The first kappa shape index (κ1) is 44.3. The number of hydrazine groups is 1. The van der Waals surface area contributed by atoms with Crippen LogP contribution in [0.15, 0.2) is 72.4 Å². The van der Waals surface area contributed by atoms with Crippen molar-refractivity contribution in [2.24, 2.45) is 17.8 Å². The van der Waals surface area contributed by atoms with Gasteiger partial charge in [0.2, 0.25) is 17.7 Å². The molecule has 3 rings (SSSR count). The van der Waals surface area contributed by atoms with E-state index in [0.717, 1.165) is 0 Å². The second-order valence-corrected chi connectivity index (χ2v) is 14.5. The van der Waals surface area contributed by atoms with Gasteiger partial charge in [0.25, 0.3) is 5.91 Å². The Morgan fingerprint density at radius 3 is 2.42 bits per heavy atom. The van der Waals surface area contributed by atoms with Crippen molar-refractivity contribution in [2.75, 3.05) is 13.6 Å². The minimum absolute atomic E-state index is 0.0537. The standard InChI is InChI=1S/C41H57N5O9/c1-25(2)35-39(52)44-36(29-16-12-17-30(48)24-29)40(53)46-23-13-18-32(45-46)41(54)55-33(26(3)15-11-20-34(49)42-6)19-10-8-7-9-14-27(4)37(50)31(38(51)43-35)22-21-28(5)47/h7-12,15-17,20,24-25,27,31-33,35-37,45,48,50H,13-14,18-19,21-23H2,1-6H3,(H,42,49)(H,43,51)(H,44,52)/b9-7+,10-8+,20-11+,26-15+/t27-,31+,32?,33-,35-,36?,37+/m0/s1. The Bertz CT molecular complexity index is 1650. The first-order valence-electron chi connectivity index (χ1n) is 18.9. The molecule has 300 valence electrons. The highest BCUT2D eigenvalue weighted by atomic mass is 16.5. The predicted octanol–water partition coefficient (Wildman–Crippen LogP) is 3.23. The molecule has 1 aromatic rings. The Kier molecular flexibility index (Phi) is 17.5. The molecule has 0 aromatic heterocycles. The molecule has 4 amide bonds. The van der Waals surface area contributed by atoms with E-state index in [0.29, 0.717) is 24.8 Å². The summed E-state index contributed by atoms with van der Waals surface area (Å²) in [6.45, 7) is 8.64. The Morgan fingerprint density at radius 2 is 1.76 bits per heavy atom. The highest BCUT2D eigenvalue weighted by Gasteiger charge is 2.38. The van der Waals surface area contributed by atoms with Crippen LogP contribution >= 0.6 is 0 Å². The maximum absolute atomic E-state index is 14.3. The average Bonchev–Trinajstić information content (AvgIpc) is 3.15. The molecule has 1 fully saturated rings. The van der Waals surface area contributed by atoms with Crippen LogP contribution in [-0.4, -0.2) is 88.5 Å². The first-order valence-corrected chi connectivity index (χ1v) is 18.9. The van der Waals surface area contributed by atoms with Crippen LogP contribution in [0.3, 0.4) is 0 Å². The van der Waals surface area contributed by atoms with Gasteiger partial charge in [-0.05, 0) is 74.6 Å². The fraction of sp³-hybridized carbons (Fsp3) is 0.512. The molecule has 14 heteroatoms. The van der Waals surface area contributed by atoms with Crippen molar-refractivity contribution in [3.8, 4) is 5.75 Å². The number of ether oxygens (including phenoxy) is 1. The van der Waals surface area contributed by atoms with Crippen LogP contribution < -0.4 is 21.4 Å². The Labute approximate surface area is 323 Å². The molecule has 2 unspecified atom stereocenters. The van der Waals surface area contributed by atoms with E-state index in [2.05, 4.69) is 21.4 Å². The summed E-state index contributed by atoms with van der Waals surface area (Å²) in [6, 6.07) is 2.50. The Morgan fingerprint density at radius 1 is 1.05 bits per heavy atom. The average molecular weight is 764 g/mol. The molecule has 7 atom stereocenters. The zero-order valence-electron chi connectivity index (χ0n) is 32.6. The molecule has 2 bridgehead atoms. The van der Waals surface area contributed by atoms with Gasteiger partial charge < -0.3 is 35.7 Å². The van der Waals surface area contributed by atoms with E-state index in [-0.39, 0.29) is 48.8 Å². The molecule has 6 N–H and O–H groups in total. The Balaban J connectivity index is 2.06. The van der Waals surface area contributed by atoms with E-state index in [1.165, 1.54) is 43.3 Å². The number of carbonyl (C=O) groups is 6. The van der Waals surface area contributed by atoms with Crippen LogP contribution in [0.5, 0.6) is 5.75 Å². The van der Waals surface area contributed by atoms with Crippen molar-refractivity contribution in [1.82, 2.24) is 26.4 Å². The van der Waals surface area contributed by atoms with Gasteiger partial charge in [0.1, 0.15) is 35.8 Å². The quantitative estimate of drug-likeness (QED) is 0.130. The van der Waals surface area contributed by atoms with Crippen LogP contribution in [-0.2, 0) is 33.5 Å². The number of aromatic hydroxyl groups is 1. The molecule has 55 heavy (non-hydrogen) atoms. The van der Waals surface area contributed by atoms with Crippen molar-refractivity contribution >= 4 is 35.4 Å². The number of fused-ring (bicyclic) bond motifs is 2. The second-order valence-electron chi connectivity index (χ2n) is 14.5. The number of cyclic esters (lactones) is 1. The number of amides is 4. The number of aliphatic hydroxyl groups excluding tert-OH is 1. The van der Waals surface area contributed by atoms with Crippen molar-refractivity contribution in [2.45, 2.75) is 103 Å². The van der Waals surface area contributed by atoms with Gasteiger partial charge in [-0.3, -0.25) is 29.0 Å². The molecule has 2 aliphatic rings. The highest BCUT2D eigenvalue weighted by Crippen LogP contribution is 2.25. The number of benzene rings is 1. The normalized spacial score (nSPS) is 28.0. The number of nitrogens with zero attached hydrogens (tertiary/aromatic N) is 1. The number of ketones is 1. The summed E-state index contributed by atoms with van der Waals surface area (Å²) in [4.78, 5) is 79.5. The third kappa shape index (κ3) is 13.6. The van der Waals surface area contributed by atoms with Gasteiger partial charge in [-0.25, -0.2) is 5.43 Å². The first-order chi connectivity index (χ1) is 26.1. The summed E-state index contributed by atoms with van der Waals surface area (Å²) in [5.41, 5.74) is 3.91. The summed E-state index contributed by atoms with van der Waals surface area (Å²) in [7, 11) is 1.51. The maximum atomic E-state index is 14.3. The zero-order valence-corrected chi connectivity index (χ0v) is 32.6. The summed E-state index contributed by atoms with van der Waals surface area (Å²) < 4.78 is 5.99. The lowest BCUT2D eigenvalue weighted by Gasteiger charge is -2.36. The number of aliphatic hydroxyl groups is 1. The van der Waals surface area contributed by atoms with E-state index in [1.807, 2.05) is 12.2 Å². The molecule has 14 nitrogen and oxygen atoms in total. The minimum atomic E-state index is -1.33. The summed E-state index contributed by atoms with van der Waals surface area (Å²) >= 11 is 0. The van der Waals surface area contributed by atoms with E-state index < -0.39 is 71.8 Å². The van der Waals surface area contributed by atoms with Gasteiger partial charge in [-0.1, -0.05) is 69.4 Å². The number of allylic oxidation sites excluding steroid dienone is 5. The van der Waals surface area contributed by atoms with Crippen LogP contribution in [0.4, 0.5) is 0 Å². The van der Waals surface area contributed by atoms with Crippen molar-refractivity contribution < 1.29 is 43.7 Å². The molecule has 1 aromatic carbocycles. The lowest BCUT2D eigenvalue weighted by atomic mass is 9.85. The van der Waals surface area contributed by atoms with Crippen molar-refractivity contribution in [3.05, 3.63) is 77.9 Å². The van der Waals surface area contributed by atoms with Gasteiger partial charge >= 0.3 is 5.97 Å². The lowest BCUT2D eigenvalue weighted by molar-refractivity contribution is -0.156. The molecule has 0 radical (unpaired) electrons. The number of rotatable bonds is 8. The van der Waals surface area contributed by atoms with E-state index >= 15 is 0 Å². The predicted molar refractivity (Wildman–Crippen MR) is 207 cm³/mol. The smallest absolute Gasteiger partial charge is 0.325 e. The number of phenolic OH excluding ortho intramolecular Hbond substituents is 1. The number of likely N-dealkylation sites (N-methyl/N-ethyl adjacent to an activating group) is 1. The fourth-order valence-electron chi connectivity index (χ4n) is 6.32. The van der Waals surface area contributed by atoms with Crippen LogP contribution in [0, 0.1) is 17.8 Å². The Hall–Kier alpha value is -5.08. The van der Waals surface area contributed by atoms with Gasteiger partial charge in [0.15, 0.2) is 0 Å². The SMILES string of the molecule is CNC(=O)/C=C/C=C(\C)[C@@H]1C/C=C/C=C/C[C@H](C)[C@@H](O)[C@@H](CCC(C)=O)C(=O)N[C@@H](C(C)C)C(=O)NC(c2cccc(O)c2)C(=O)N2CCCC(N2)C(=O)O1. The summed E-state index contributed by atoms with van der Waals surface area (Å²) in [6.07, 6.45) is 11.6. The van der Waals surface area contributed by atoms with E-state index in [9.17, 15) is 39.0 Å². The molecular weight excluding hydrogens is 706 g/mol. The largest absolute Gasteiger partial charge is 0.508 e. The van der Waals surface area contributed by atoms with Crippen LogP contribution in [0.1, 0.15) is 84.7 Å². The number of nitrogens with one attached hydrogen (secondary N) is 4. The molecular formula is C41H57N5O9. The third-order valence-electron chi connectivity index (χ3n) is 9.72. The van der Waals surface area contributed by atoms with Crippen LogP contribution in [0.2, 0.25) is 0 Å². The molecule has 2 heterocycles. The zero-order chi connectivity index (χ0) is 40.7. The highest BCUT2D eigenvalue weighted by molar-refractivity contribution is 5.93. The van der Waals surface area contributed by atoms with Crippen molar-refractivity contribution in [1.29, 1.82) is 0 Å². The topological polar surface area (TPSA) is 203 Å². The lowest BCUT2D eigenvalue weighted by Crippen LogP contribution is -2.59. The molecule has 0 aliphatic carbocycles. The van der Waals surface area contributed by atoms with E-state index in [1.54, 1.807) is 58.1 Å². The number of hydrogen-bond donors (Lipinski definition) is 6. The van der Waals surface area contributed by atoms with Crippen molar-refractivity contribution in [3.63, 3.8) is 0 Å². The second kappa shape index (κ2) is 21.7. The minimum Gasteiger partial charge on any atom is -0.508 e. The number of hydrogen-bond acceptors (Lipinski definition) is 10. The van der Waals surface area contributed by atoms with Gasteiger partial charge in [0, 0.05) is 32.5 Å². The van der Waals surface area contributed by atoms with Crippen LogP contribution in [0.25, 0.3) is 0 Å². The number of phenols is 1. The monoisotopic (exact) mass is 763 g/mol. The number of carbonyl (C=O) groups excluding carboxylic acids is 6. The summed E-state index contributed by atoms with van der Waals surface area (Å²) in [5, 5.41) is 31.0. The van der Waals surface area contributed by atoms with Gasteiger partial charge in [0.05, 0.1) is 12.0 Å². The summed E-state index contributed by atoms with van der Waals surface area (Å²) in [5.74, 6) is -4.94. The van der Waals surface area contributed by atoms with E-state index in [4.69, 9.17) is 4.74 Å². The molecule has 2 aliphatic heterocycles. The van der Waals surface area contributed by atoms with Gasteiger partial charge in [-0.2, -0.15) is 0 Å². The molecule has 0 spiro atoms. The maximum Gasteiger partial charge on any atom is 0.325 e. The number of esters is 1. The fourth-order valence-corrected chi connectivity index (χ4v) is 6.32. The molecule has 0 saturated carbocycles.